The standard InChI is InChI=1S/C36H40IN11O3/c1-36(37)32-25(16-39-48(32)23-18-47(19-23)17-21-7-5-10-27(40-21)35(51)45(3)22-13-14-22)24-8-6-9-26(31(24)46(36)4)41-28-15-29(42-33(49)20-11-12-20)43-44-30(28)34(50)38-2/h5-10,15-16,20,22-23H,11-14,17-19H2,1-4H3,(H,38,50)(H2,41,42,43,49)/t36-/m0/s1. The van der Waals surface area contributed by atoms with E-state index in [1.807, 2.05) is 42.4 Å². The number of alkyl halides is 1. The van der Waals surface area contributed by atoms with Crippen molar-refractivity contribution >= 4 is 63.2 Å². The van der Waals surface area contributed by atoms with Crippen molar-refractivity contribution in [2.24, 2.45) is 5.92 Å². The van der Waals surface area contributed by atoms with Crippen molar-refractivity contribution in [3.63, 3.8) is 0 Å². The quantitative estimate of drug-likeness (QED) is 0.119. The summed E-state index contributed by atoms with van der Waals surface area (Å²) in [5, 5.41) is 22.2. The number of carbonyl (C=O) groups excluding carboxylic acids is 3. The fraction of sp³-hybridized carbons (Fsp3) is 0.417. The molecule has 2 saturated carbocycles. The molecule has 3 aromatic heterocycles. The Morgan fingerprint density at radius 1 is 1.02 bits per heavy atom. The van der Waals surface area contributed by atoms with Crippen molar-refractivity contribution in [2.75, 3.05) is 49.8 Å². The first-order valence-corrected chi connectivity index (χ1v) is 18.4. The van der Waals surface area contributed by atoms with Gasteiger partial charge >= 0.3 is 0 Å². The molecule has 1 atom stereocenters. The average Bonchev–Trinajstić information content (AvgIpc) is 4.05. The Bertz CT molecular complexity index is 2050. The van der Waals surface area contributed by atoms with Crippen LogP contribution in [0.15, 0.2) is 48.7 Å². The van der Waals surface area contributed by atoms with Crippen molar-refractivity contribution in [2.45, 2.75) is 54.8 Å². The summed E-state index contributed by atoms with van der Waals surface area (Å²) in [7, 11) is 5.47. The van der Waals surface area contributed by atoms with Gasteiger partial charge in [0.25, 0.3) is 11.8 Å². The Morgan fingerprint density at radius 2 is 1.78 bits per heavy atom. The van der Waals surface area contributed by atoms with Crippen LogP contribution >= 0.6 is 22.6 Å². The molecule has 1 saturated heterocycles. The third-order valence-electron chi connectivity index (χ3n) is 10.3. The minimum atomic E-state index is -0.470. The Hall–Kier alpha value is -4.64. The van der Waals surface area contributed by atoms with Crippen LogP contribution in [0.1, 0.15) is 71.0 Å². The van der Waals surface area contributed by atoms with Gasteiger partial charge in [-0.05, 0) is 73.4 Å². The van der Waals surface area contributed by atoms with Crippen molar-refractivity contribution in [3.8, 4) is 11.1 Å². The Kier molecular flexibility index (Phi) is 8.44. The molecule has 0 spiro atoms. The molecule has 1 aromatic carbocycles. The second-order valence-corrected chi connectivity index (χ2v) is 16.1. The molecule has 0 radical (unpaired) electrons. The number of halogens is 1. The summed E-state index contributed by atoms with van der Waals surface area (Å²) in [6, 6.07) is 13.9. The molecule has 264 valence electrons. The number of rotatable bonds is 10. The maximum absolute atomic E-state index is 12.9. The lowest BCUT2D eigenvalue weighted by atomic mass is 9.93. The molecule has 51 heavy (non-hydrogen) atoms. The van der Waals surface area contributed by atoms with E-state index in [1.54, 1.807) is 19.2 Å². The fourth-order valence-corrected chi connectivity index (χ4v) is 7.77. The fourth-order valence-electron chi connectivity index (χ4n) is 6.99. The summed E-state index contributed by atoms with van der Waals surface area (Å²) in [5.41, 5.74) is 6.86. The predicted molar refractivity (Wildman–Crippen MR) is 201 cm³/mol. The first-order chi connectivity index (χ1) is 24.5. The number of aromatic nitrogens is 5. The number of likely N-dealkylation sites (tertiary alicyclic amines) is 1. The number of para-hydroxylation sites is 1. The minimum absolute atomic E-state index is 0.000839. The number of benzene rings is 1. The van der Waals surface area contributed by atoms with Crippen LogP contribution < -0.4 is 20.9 Å². The normalized spacial score (nSPS) is 19.8. The molecule has 0 unspecified atom stereocenters. The average molecular weight is 802 g/mol. The highest BCUT2D eigenvalue weighted by atomic mass is 127. The number of hydrogen-bond donors (Lipinski definition) is 3. The van der Waals surface area contributed by atoms with E-state index in [0.29, 0.717) is 24.0 Å². The molecule has 14 nitrogen and oxygen atoms in total. The summed E-state index contributed by atoms with van der Waals surface area (Å²) >= 11 is 2.49. The van der Waals surface area contributed by atoms with Crippen LogP contribution in [0.25, 0.3) is 11.1 Å². The highest BCUT2D eigenvalue weighted by Crippen LogP contribution is 2.54. The Balaban J connectivity index is 1.04. The number of hydrogen-bond acceptors (Lipinski definition) is 10. The van der Waals surface area contributed by atoms with Crippen LogP contribution in [0.5, 0.6) is 0 Å². The summed E-state index contributed by atoms with van der Waals surface area (Å²) in [6.07, 6.45) is 5.81. The van der Waals surface area contributed by atoms with Crippen LogP contribution in [-0.2, 0) is 14.9 Å². The monoisotopic (exact) mass is 801 g/mol. The highest BCUT2D eigenvalue weighted by Gasteiger charge is 2.44. The molecule has 4 aliphatic rings. The van der Waals surface area contributed by atoms with Crippen LogP contribution in [0.4, 0.5) is 22.9 Å². The lowest BCUT2D eigenvalue weighted by Crippen LogP contribution is -2.50. The van der Waals surface area contributed by atoms with Gasteiger partial charge in [0.1, 0.15) is 9.24 Å². The van der Waals surface area contributed by atoms with Gasteiger partial charge in [0.15, 0.2) is 11.5 Å². The van der Waals surface area contributed by atoms with Crippen molar-refractivity contribution < 1.29 is 14.4 Å². The summed E-state index contributed by atoms with van der Waals surface area (Å²) in [5.74, 6) is -0.206. The van der Waals surface area contributed by atoms with E-state index >= 15 is 0 Å². The smallest absolute Gasteiger partial charge is 0.273 e. The molecule has 3 fully saturated rings. The third-order valence-corrected chi connectivity index (χ3v) is 11.6. The van der Waals surface area contributed by atoms with Crippen molar-refractivity contribution in [1.82, 2.24) is 40.1 Å². The maximum Gasteiger partial charge on any atom is 0.273 e. The molecule has 2 aliphatic carbocycles. The second-order valence-electron chi connectivity index (χ2n) is 14.0. The molecule has 8 rings (SSSR count). The number of anilines is 4. The van der Waals surface area contributed by atoms with E-state index in [1.165, 1.54) is 0 Å². The topological polar surface area (TPSA) is 154 Å². The van der Waals surface area contributed by atoms with Gasteiger partial charge in [-0.3, -0.25) is 24.0 Å². The molecule has 2 aliphatic heterocycles. The molecule has 3 amide bonds. The number of pyridine rings is 1. The van der Waals surface area contributed by atoms with E-state index < -0.39 is 9.45 Å². The minimum Gasteiger partial charge on any atom is -0.354 e. The number of nitrogens with zero attached hydrogens (tertiary/aromatic N) is 8. The molecular weight excluding hydrogens is 761 g/mol. The van der Waals surface area contributed by atoms with Crippen LogP contribution in [0, 0.1) is 5.92 Å². The number of fused-ring (bicyclic) bond motifs is 3. The Labute approximate surface area is 309 Å². The van der Waals surface area contributed by atoms with Gasteiger partial charge in [-0.2, -0.15) is 5.10 Å². The lowest BCUT2D eigenvalue weighted by Gasteiger charge is -2.45. The SMILES string of the molecule is CNC(=O)c1nnc(NC(=O)C2CC2)cc1Nc1cccc2c1N(C)[C@](C)(I)c1c-2cnn1C1CN(Cc2cccc(C(=O)N(C)C3CC3)n2)C1. The van der Waals surface area contributed by atoms with Gasteiger partial charge in [0, 0.05) is 69.9 Å². The number of nitrogens with one attached hydrogen (secondary N) is 3. The van der Waals surface area contributed by atoms with Gasteiger partial charge in [-0.25, -0.2) is 4.98 Å². The number of amides is 3. The van der Waals surface area contributed by atoms with Crippen molar-refractivity contribution in [3.05, 3.63) is 71.4 Å². The van der Waals surface area contributed by atoms with E-state index in [4.69, 9.17) is 10.1 Å². The molecule has 5 heterocycles. The highest BCUT2D eigenvalue weighted by molar-refractivity contribution is 14.1. The van der Waals surface area contributed by atoms with E-state index in [0.717, 1.165) is 72.7 Å². The molecule has 15 heteroatoms. The first kappa shape index (κ1) is 33.5. The van der Waals surface area contributed by atoms with Gasteiger partial charge in [0.05, 0.1) is 40.7 Å². The van der Waals surface area contributed by atoms with E-state index in [9.17, 15) is 14.4 Å². The van der Waals surface area contributed by atoms with Crippen LogP contribution in [0.2, 0.25) is 0 Å². The van der Waals surface area contributed by atoms with Gasteiger partial charge < -0.3 is 25.8 Å². The summed E-state index contributed by atoms with van der Waals surface area (Å²) < 4.78 is 1.70. The predicted octanol–water partition coefficient (Wildman–Crippen LogP) is 4.54. The van der Waals surface area contributed by atoms with Crippen LogP contribution in [0.3, 0.4) is 0 Å². The lowest BCUT2D eigenvalue weighted by molar-refractivity contribution is -0.117. The zero-order valence-corrected chi connectivity index (χ0v) is 31.1. The number of carbonyl (C=O) groups is 3. The zero-order valence-electron chi connectivity index (χ0n) is 29.0. The third kappa shape index (κ3) is 6.19. The van der Waals surface area contributed by atoms with Gasteiger partial charge in [0.2, 0.25) is 5.91 Å². The first-order valence-electron chi connectivity index (χ1n) is 17.3. The molecule has 0 bridgehead atoms. The maximum atomic E-state index is 12.9. The molecular formula is C36H40IN11O3. The zero-order chi connectivity index (χ0) is 35.6. The summed E-state index contributed by atoms with van der Waals surface area (Å²) in [6.45, 7) is 4.48. The van der Waals surface area contributed by atoms with E-state index in [-0.39, 0.29) is 35.3 Å². The van der Waals surface area contributed by atoms with Gasteiger partial charge in [-0.15, -0.1) is 10.2 Å². The van der Waals surface area contributed by atoms with Gasteiger partial charge in [-0.1, -0.05) is 18.2 Å². The Morgan fingerprint density at radius 3 is 2.51 bits per heavy atom. The molecule has 4 aromatic rings. The van der Waals surface area contributed by atoms with Crippen molar-refractivity contribution in [1.29, 1.82) is 0 Å². The summed E-state index contributed by atoms with van der Waals surface area (Å²) in [4.78, 5) is 49.3. The largest absolute Gasteiger partial charge is 0.354 e. The second kappa shape index (κ2) is 12.8. The van der Waals surface area contributed by atoms with E-state index in [2.05, 4.69) is 83.3 Å². The van der Waals surface area contributed by atoms with Crippen LogP contribution in [-0.4, -0.2) is 92.8 Å². The molecule has 3 N–H and O–H groups in total.